The van der Waals surface area contributed by atoms with Crippen LogP contribution in [0.25, 0.3) is 0 Å². The van der Waals surface area contributed by atoms with Gasteiger partial charge in [0, 0.05) is 12.3 Å². The zero-order chi connectivity index (χ0) is 9.84. The molecule has 2 N–H and O–H groups in total. The molecule has 0 saturated carbocycles. The summed E-state index contributed by atoms with van der Waals surface area (Å²) in [6.07, 6.45) is 1.51. The molecule has 0 amide bonds. The summed E-state index contributed by atoms with van der Waals surface area (Å²) in [6, 6.07) is 3.03. The van der Waals surface area contributed by atoms with E-state index in [-0.39, 0.29) is 18.5 Å². The molecule has 0 aliphatic heterocycles. The van der Waals surface area contributed by atoms with Gasteiger partial charge in [-0.2, -0.15) is 0 Å². The van der Waals surface area contributed by atoms with Gasteiger partial charge in [0.05, 0.1) is 6.10 Å². The van der Waals surface area contributed by atoms with Crippen molar-refractivity contribution in [2.75, 3.05) is 0 Å². The van der Waals surface area contributed by atoms with Crippen LogP contribution in [0.3, 0.4) is 0 Å². The predicted octanol–water partition coefficient (Wildman–Crippen LogP) is -0.0296. The second-order valence-corrected chi connectivity index (χ2v) is 2.97. The van der Waals surface area contributed by atoms with Crippen molar-refractivity contribution >= 4 is 25.0 Å². The average molecular weight is 217 g/mol. The van der Waals surface area contributed by atoms with Gasteiger partial charge in [0.1, 0.15) is 0 Å². The van der Waals surface area contributed by atoms with Gasteiger partial charge in [0.25, 0.3) is 0 Å². The van der Waals surface area contributed by atoms with Crippen molar-refractivity contribution in [2.24, 2.45) is 0 Å². The van der Waals surface area contributed by atoms with Gasteiger partial charge in [0.15, 0.2) is 0 Å². The summed E-state index contributed by atoms with van der Waals surface area (Å²) >= 11 is 0. The summed E-state index contributed by atoms with van der Waals surface area (Å²) in [5.74, 6) is 0.403. The normalized spacial score (nSPS) is 9.50. The van der Waals surface area contributed by atoms with Crippen LogP contribution < -0.4 is 10.2 Å². The Bertz CT molecular complexity index is 283. The number of hydrogen-bond donors (Lipinski definition) is 2. The van der Waals surface area contributed by atoms with Crippen LogP contribution in [-0.2, 0) is 0 Å². The Hall–Kier alpha value is -0.775. The Morgan fingerprint density at radius 1 is 1.43 bits per heavy atom. The molecule has 0 unspecified atom stereocenters. The SMILES string of the molecule is CC(C)Oc1cc(B(O)O)ccn1.Cl. The maximum Gasteiger partial charge on any atom is 0.488 e. The van der Waals surface area contributed by atoms with Gasteiger partial charge in [-0.15, -0.1) is 12.4 Å². The first-order valence-corrected chi connectivity index (χ1v) is 4.08. The molecule has 78 valence electrons. The summed E-state index contributed by atoms with van der Waals surface area (Å²) in [4.78, 5) is 3.92. The molecule has 4 nitrogen and oxygen atoms in total. The Morgan fingerprint density at radius 2 is 2.07 bits per heavy atom. The van der Waals surface area contributed by atoms with E-state index in [1.165, 1.54) is 18.3 Å². The van der Waals surface area contributed by atoms with Crippen LogP contribution >= 0.6 is 12.4 Å². The summed E-state index contributed by atoms with van der Waals surface area (Å²) in [5, 5.41) is 17.7. The molecular formula is C8H13BClNO3. The smallest absolute Gasteiger partial charge is 0.475 e. The lowest BCUT2D eigenvalue weighted by atomic mass is 9.81. The number of pyridine rings is 1. The van der Waals surface area contributed by atoms with Crippen LogP contribution in [-0.4, -0.2) is 28.3 Å². The van der Waals surface area contributed by atoms with Crippen LogP contribution in [0.2, 0.25) is 0 Å². The topological polar surface area (TPSA) is 62.6 Å². The molecule has 0 radical (unpaired) electrons. The average Bonchev–Trinajstić information content (AvgIpc) is 2.03. The maximum absolute atomic E-state index is 8.85. The molecule has 0 aromatic carbocycles. The van der Waals surface area contributed by atoms with E-state index in [0.717, 1.165) is 0 Å². The van der Waals surface area contributed by atoms with E-state index in [1.807, 2.05) is 13.8 Å². The molecule has 0 bridgehead atoms. The predicted molar refractivity (Wildman–Crippen MR) is 57.1 cm³/mol. The Kier molecular flexibility index (Phi) is 5.53. The van der Waals surface area contributed by atoms with Gasteiger partial charge in [-0.3, -0.25) is 0 Å². The molecular weight excluding hydrogens is 204 g/mol. The van der Waals surface area contributed by atoms with Crippen molar-refractivity contribution in [3.05, 3.63) is 18.3 Å². The second kappa shape index (κ2) is 5.85. The standard InChI is InChI=1S/C8H12BNO3.ClH/c1-6(2)13-8-5-7(9(11)12)3-4-10-8;/h3-6,11-12H,1-2H3;1H. The molecule has 0 atom stereocenters. The first-order valence-electron chi connectivity index (χ1n) is 4.08. The minimum Gasteiger partial charge on any atom is -0.475 e. The van der Waals surface area contributed by atoms with Crippen LogP contribution in [0, 0.1) is 0 Å². The number of halogens is 1. The van der Waals surface area contributed by atoms with Gasteiger partial charge >= 0.3 is 7.12 Å². The minimum absolute atomic E-state index is 0. The minimum atomic E-state index is -1.47. The third-order valence-corrected chi connectivity index (χ3v) is 1.41. The first kappa shape index (κ1) is 13.2. The fourth-order valence-electron chi connectivity index (χ4n) is 0.891. The summed E-state index contributed by atoms with van der Waals surface area (Å²) < 4.78 is 5.27. The van der Waals surface area contributed by atoms with Gasteiger partial charge in [0.2, 0.25) is 5.88 Å². The van der Waals surface area contributed by atoms with Crippen LogP contribution in [0.15, 0.2) is 18.3 Å². The van der Waals surface area contributed by atoms with Crippen molar-refractivity contribution < 1.29 is 14.8 Å². The summed E-state index contributed by atoms with van der Waals surface area (Å²) in [7, 11) is -1.47. The third kappa shape index (κ3) is 3.96. The highest BCUT2D eigenvalue weighted by Gasteiger charge is 2.11. The van der Waals surface area contributed by atoms with Gasteiger partial charge in [-0.1, -0.05) is 0 Å². The van der Waals surface area contributed by atoms with E-state index in [2.05, 4.69) is 4.98 Å². The van der Waals surface area contributed by atoms with Crippen molar-refractivity contribution in [1.82, 2.24) is 4.98 Å². The van der Waals surface area contributed by atoms with Crippen molar-refractivity contribution in [3.8, 4) is 5.88 Å². The number of hydrogen-bond acceptors (Lipinski definition) is 4. The summed E-state index contributed by atoms with van der Waals surface area (Å²) in [6.45, 7) is 3.76. The van der Waals surface area contributed by atoms with Crippen LogP contribution in [0.1, 0.15) is 13.8 Å². The molecule has 0 fully saturated rings. The monoisotopic (exact) mass is 217 g/mol. The molecule has 1 aromatic rings. The fraction of sp³-hybridized carbons (Fsp3) is 0.375. The zero-order valence-electron chi connectivity index (χ0n) is 8.04. The summed E-state index contributed by atoms with van der Waals surface area (Å²) in [5.41, 5.74) is 0.380. The highest BCUT2D eigenvalue weighted by atomic mass is 35.5. The Balaban J connectivity index is 0.00000169. The van der Waals surface area contributed by atoms with E-state index in [4.69, 9.17) is 14.8 Å². The highest BCUT2D eigenvalue weighted by molar-refractivity contribution is 6.58. The van der Waals surface area contributed by atoms with Gasteiger partial charge in [-0.05, 0) is 25.4 Å². The fourth-order valence-corrected chi connectivity index (χ4v) is 0.891. The molecule has 0 saturated heterocycles. The van der Waals surface area contributed by atoms with Crippen molar-refractivity contribution in [3.63, 3.8) is 0 Å². The second-order valence-electron chi connectivity index (χ2n) is 2.97. The molecule has 6 heteroatoms. The lowest BCUT2D eigenvalue weighted by molar-refractivity contribution is 0.233. The van der Waals surface area contributed by atoms with E-state index in [1.54, 1.807) is 0 Å². The molecule has 0 aliphatic carbocycles. The Labute approximate surface area is 89.5 Å². The van der Waals surface area contributed by atoms with Crippen molar-refractivity contribution in [2.45, 2.75) is 20.0 Å². The molecule has 1 aromatic heterocycles. The van der Waals surface area contributed by atoms with E-state index >= 15 is 0 Å². The number of nitrogens with zero attached hydrogens (tertiary/aromatic N) is 1. The van der Waals surface area contributed by atoms with E-state index in [9.17, 15) is 0 Å². The van der Waals surface area contributed by atoms with Gasteiger partial charge in [-0.25, -0.2) is 4.98 Å². The number of rotatable bonds is 3. The van der Waals surface area contributed by atoms with Crippen LogP contribution in [0.4, 0.5) is 0 Å². The number of ether oxygens (including phenoxy) is 1. The lowest BCUT2D eigenvalue weighted by Crippen LogP contribution is -2.30. The zero-order valence-corrected chi connectivity index (χ0v) is 8.86. The van der Waals surface area contributed by atoms with Crippen LogP contribution in [0.5, 0.6) is 5.88 Å². The molecule has 1 heterocycles. The van der Waals surface area contributed by atoms with E-state index < -0.39 is 7.12 Å². The molecule has 1 rings (SSSR count). The maximum atomic E-state index is 8.85. The largest absolute Gasteiger partial charge is 0.488 e. The first-order chi connectivity index (χ1) is 6.09. The lowest BCUT2D eigenvalue weighted by Gasteiger charge is -2.08. The molecule has 0 aliphatic rings. The molecule has 14 heavy (non-hydrogen) atoms. The Morgan fingerprint density at radius 3 is 2.57 bits per heavy atom. The quantitative estimate of drug-likeness (QED) is 0.698. The third-order valence-electron chi connectivity index (χ3n) is 1.41. The van der Waals surface area contributed by atoms with E-state index in [0.29, 0.717) is 11.3 Å². The van der Waals surface area contributed by atoms with Gasteiger partial charge < -0.3 is 14.8 Å². The highest BCUT2D eigenvalue weighted by Crippen LogP contribution is 2.04. The molecule has 0 spiro atoms. The number of aromatic nitrogens is 1. The van der Waals surface area contributed by atoms with Crippen molar-refractivity contribution in [1.29, 1.82) is 0 Å².